The second-order valence-corrected chi connectivity index (χ2v) is 7.32. The largest absolute Gasteiger partial charge is 0.399 e. The minimum Gasteiger partial charge on any atom is -0.399 e. The molecule has 0 aromatic heterocycles. The van der Waals surface area contributed by atoms with Crippen LogP contribution in [-0.2, 0) is 12.8 Å². The summed E-state index contributed by atoms with van der Waals surface area (Å²) >= 11 is 0. The normalized spacial score (nSPS) is 9.81. The number of hydrogen-bond acceptors (Lipinski definition) is 4. The van der Waals surface area contributed by atoms with Crippen LogP contribution < -0.4 is 22.9 Å². The van der Waals surface area contributed by atoms with Crippen molar-refractivity contribution in [2.45, 2.75) is 12.8 Å². The van der Waals surface area contributed by atoms with Gasteiger partial charge in [-0.1, -0.05) is 48.5 Å². The van der Waals surface area contributed by atoms with Gasteiger partial charge in [0, 0.05) is 22.7 Å². The topological polar surface area (TPSA) is 104 Å². The molecule has 0 atom stereocenters. The molecule has 31 heavy (non-hydrogen) atoms. The molecule has 0 fully saturated rings. The van der Waals surface area contributed by atoms with Crippen LogP contribution >= 0.6 is 13.5 Å². The van der Waals surface area contributed by atoms with E-state index in [1.54, 1.807) is 0 Å². The van der Waals surface area contributed by atoms with Gasteiger partial charge in [-0.15, -0.1) is 0 Å². The molecule has 0 amide bonds. The molecule has 0 bridgehead atoms. The smallest absolute Gasteiger partial charge is 0.0314 e. The highest BCUT2D eigenvalue weighted by Gasteiger charge is 1.97. The fourth-order valence-corrected chi connectivity index (χ4v) is 3.01. The summed E-state index contributed by atoms with van der Waals surface area (Å²) in [6.45, 7) is 0. The van der Waals surface area contributed by atoms with Crippen LogP contribution in [0, 0.1) is 0 Å². The van der Waals surface area contributed by atoms with E-state index in [2.05, 4.69) is 0 Å². The van der Waals surface area contributed by atoms with Crippen LogP contribution in [0.15, 0.2) is 97.1 Å². The van der Waals surface area contributed by atoms with Gasteiger partial charge in [0.25, 0.3) is 0 Å². The number of anilines is 4. The van der Waals surface area contributed by atoms with Crippen LogP contribution in [-0.4, -0.2) is 0 Å². The Labute approximate surface area is 191 Å². The summed E-state index contributed by atoms with van der Waals surface area (Å²) in [5.74, 6) is 0. The molecule has 4 rings (SSSR count). The lowest BCUT2D eigenvalue weighted by molar-refractivity contribution is 1.19. The predicted octanol–water partition coefficient (Wildman–Crippen LogP) is 5.00. The zero-order chi connectivity index (χ0) is 21.3. The molecule has 0 spiro atoms. The molecule has 4 nitrogen and oxygen atoms in total. The molecular weight excluding hydrogens is 400 g/mol. The number of nitrogens with two attached hydrogens (primary N) is 4. The predicted molar refractivity (Wildman–Crippen MR) is 139 cm³/mol. The molecular formula is C26H30N4S. The van der Waals surface area contributed by atoms with Crippen molar-refractivity contribution >= 4 is 36.2 Å². The molecule has 0 aliphatic heterocycles. The zero-order valence-corrected chi connectivity index (χ0v) is 18.5. The van der Waals surface area contributed by atoms with E-state index in [4.69, 9.17) is 22.9 Å². The maximum Gasteiger partial charge on any atom is 0.0314 e. The first kappa shape index (κ1) is 23.7. The minimum absolute atomic E-state index is 0. The molecule has 5 heteroatoms. The van der Waals surface area contributed by atoms with Crippen LogP contribution in [0.1, 0.15) is 22.3 Å². The Morgan fingerprint density at radius 3 is 0.645 bits per heavy atom. The Kier molecular flexibility index (Phi) is 8.85. The fraction of sp³-hybridized carbons (Fsp3) is 0.0769. The minimum atomic E-state index is 0. The third-order valence-corrected chi connectivity index (χ3v) is 4.74. The lowest BCUT2D eigenvalue weighted by Crippen LogP contribution is -1.90. The number of hydrogen-bond donors (Lipinski definition) is 4. The van der Waals surface area contributed by atoms with E-state index in [0.29, 0.717) is 0 Å². The first-order chi connectivity index (χ1) is 14.5. The molecule has 160 valence electrons. The van der Waals surface area contributed by atoms with Crippen LogP contribution in [0.3, 0.4) is 0 Å². The lowest BCUT2D eigenvalue weighted by atomic mass is 10.0. The summed E-state index contributed by atoms with van der Waals surface area (Å²) in [6.07, 6.45) is 1.83. The molecule has 0 saturated carbocycles. The molecule has 0 aliphatic rings. The van der Waals surface area contributed by atoms with Gasteiger partial charge in [-0.2, -0.15) is 13.5 Å². The quantitative estimate of drug-likeness (QED) is 0.342. The van der Waals surface area contributed by atoms with Gasteiger partial charge in [0.2, 0.25) is 0 Å². The van der Waals surface area contributed by atoms with Gasteiger partial charge in [-0.05, 0) is 83.6 Å². The van der Waals surface area contributed by atoms with Gasteiger partial charge in [0.05, 0.1) is 0 Å². The summed E-state index contributed by atoms with van der Waals surface area (Å²) in [4.78, 5) is 0. The van der Waals surface area contributed by atoms with Gasteiger partial charge in [-0.25, -0.2) is 0 Å². The van der Waals surface area contributed by atoms with E-state index in [9.17, 15) is 0 Å². The van der Waals surface area contributed by atoms with E-state index in [1.807, 2.05) is 97.1 Å². The third-order valence-electron chi connectivity index (χ3n) is 4.74. The van der Waals surface area contributed by atoms with Crippen molar-refractivity contribution in [3.8, 4) is 0 Å². The summed E-state index contributed by atoms with van der Waals surface area (Å²) in [6, 6.07) is 31.8. The highest BCUT2D eigenvalue weighted by molar-refractivity contribution is 7.59. The Morgan fingerprint density at radius 1 is 0.323 bits per heavy atom. The number of rotatable bonds is 4. The van der Waals surface area contributed by atoms with Gasteiger partial charge < -0.3 is 22.9 Å². The summed E-state index contributed by atoms with van der Waals surface area (Å²) in [5, 5.41) is 0. The maximum absolute atomic E-state index is 5.62. The van der Waals surface area contributed by atoms with Gasteiger partial charge in [0.1, 0.15) is 0 Å². The SMILES string of the molecule is Nc1ccc(Cc2ccc(N)cc2)cc1.Nc1ccc(Cc2ccc(N)cc2)cc1.S. The first-order valence-electron chi connectivity index (χ1n) is 9.85. The Morgan fingerprint density at radius 2 is 0.484 bits per heavy atom. The Balaban J connectivity index is 0.000000213. The molecule has 0 aliphatic carbocycles. The zero-order valence-electron chi connectivity index (χ0n) is 17.5. The standard InChI is InChI=1S/2C13H14N2.H2S/c2*14-12-5-1-10(2-6-12)9-11-3-7-13(15)8-4-11;/h2*1-8H,9,14-15H2;1H2. The molecule has 4 aromatic carbocycles. The van der Waals surface area contributed by atoms with Gasteiger partial charge in [-0.3, -0.25) is 0 Å². The lowest BCUT2D eigenvalue weighted by Gasteiger charge is -2.02. The highest BCUT2D eigenvalue weighted by Crippen LogP contribution is 2.14. The van der Waals surface area contributed by atoms with Crippen molar-refractivity contribution in [1.29, 1.82) is 0 Å². The van der Waals surface area contributed by atoms with Gasteiger partial charge >= 0.3 is 0 Å². The Bertz CT molecular complexity index is 867. The van der Waals surface area contributed by atoms with Crippen molar-refractivity contribution in [2.75, 3.05) is 22.9 Å². The van der Waals surface area contributed by atoms with Gasteiger partial charge in [0.15, 0.2) is 0 Å². The van der Waals surface area contributed by atoms with Crippen LogP contribution in [0.5, 0.6) is 0 Å². The van der Waals surface area contributed by atoms with E-state index in [1.165, 1.54) is 22.3 Å². The van der Waals surface area contributed by atoms with Crippen molar-refractivity contribution in [2.24, 2.45) is 0 Å². The van der Waals surface area contributed by atoms with Crippen LogP contribution in [0.25, 0.3) is 0 Å². The molecule has 0 radical (unpaired) electrons. The average molecular weight is 431 g/mol. The number of benzene rings is 4. The fourth-order valence-electron chi connectivity index (χ4n) is 3.01. The van der Waals surface area contributed by atoms with Crippen molar-refractivity contribution in [3.05, 3.63) is 119 Å². The van der Waals surface area contributed by atoms with E-state index in [0.717, 1.165) is 35.6 Å². The molecule has 0 saturated heterocycles. The van der Waals surface area contributed by atoms with Crippen molar-refractivity contribution < 1.29 is 0 Å². The highest BCUT2D eigenvalue weighted by atomic mass is 32.1. The number of nitrogen functional groups attached to an aromatic ring is 4. The molecule has 8 N–H and O–H groups in total. The second-order valence-electron chi connectivity index (χ2n) is 7.32. The Hall–Kier alpha value is -3.57. The van der Waals surface area contributed by atoms with E-state index < -0.39 is 0 Å². The van der Waals surface area contributed by atoms with Crippen molar-refractivity contribution in [3.63, 3.8) is 0 Å². The third kappa shape index (κ3) is 7.99. The first-order valence-corrected chi connectivity index (χ1v) is 9.85. The monoisotopic (exact) mass is 430 g/mol. The molecule has 0 unspecified atom stereocenters. The summed E-state index contributed by atoms with van der Waals surface area (Å²) < 4.78 is 0. The van der Waals surface area contributed by atoms with Crippen LogP contribution in [0.4, 0.5) is 22.7 Å². The second kappa shape index (κ2) is 11.6. The van der Waals surface area contributed by atoms with Crippen LogP contribution in [0.2, 0.25) is 0 Å². The van der Waals surface area contributed by atoms with Crippen molar-refractivity contribution in [1.82, 2.24) is 0 Å². The average Bonchev–Trinajstić information content (AvgIpc) is 2.75. The van der Waals surface area contributed by atoms with E-state index >= 15 is 0 Å². The maximum atomic E-state index is 5.62. The molecule has 4 aromatic rings. The summed E-state index contributed by atoms with van der Waals surface area (Å²) in [7, 11) is 0. The van der Waals surface area contributed by atoms with E-state index in [-0.39, 0.29) is 13.5 Å². The molecule has 0 heterocycles. The summed E-state index contributed by atoms with van der Waals surface area (Å²) in [5.41, 5.74) is 30.7.